The maximum atomic E-state index is 10.1. The second-order valence-electron chi connectivity index (χ2n) is 2.37. The fraction of sp³-hybridized carbons (Fsp3) is 0.222. The van der Waals surface area contributed by atoms with Crippen LogP contribution in [0.15, 0.2) is 22.7 Å². The van der Waals surface area contributed by atoms with E-state index >= 15 is 0 Å². The van der Waals surface area contributed by atoms with Crippen LogP contribution in [0.5, 0.6) is 5.75 Å². The topological polar surface area (TPSA) is 38.3 Å². The number of ether oxygens (including phenoxy) is 1. The van der Waals surface area contributed by atoms with Gasteiger partial charge in [-0.2, -0.15) is 0 Å². The van der Waals surface area contributed by atoms with Gasteiger partial charge in [0.15, 0.2) is 6.29 Å². The Morgan fingerprint density at radius 3 is 3.00 bits per heavy atom. The molecule has 1 aromatic rings. The summed E-state index contributed by atoms with van der Waals surface area (Å²) < 4.78 is 6.15. The molecule has 0 aliphatic rings. The van der Waals surface area contributed by atoms with Crippen molar-refractivity contribution in [1.82, 2.24) is 0 Å². The van der Waals surface area contributed by atoms with E-state index in [9.17, 15) is 4.79 Å². The normalized spacial score (nSPS) is 9.38. The van der Waals surface area contributed by atoms with Gasteiger partial charge in [-0.25, -0.2) is 0 Å². The van der Waals surface area contributed by atoms with Crippen LogP contribution in [0, 0.1) is 0 Å². The SMILES string of the molecule is CNc1cc(Br)ccc1OCC=O. The van der Waals surface area contributed by atoms with Crippen molar-refractivity contribution in [2.45, 2.75) is 0 Å². The fourth-order valence-corrected chi connectivity index (χ4v) is 1.31. The molecule has 0 amide bonds. The molecule has 3 nitrogen and oxygen atoms in total. The molecule has 0 spiro atoms. The van der Waals surface area contributed by atoms with E-state index in [-0.39, 0.29) is 6.61 Å². The number of halogens is 1. The standard InChI is InChI=1S/C9H10BrNO2/c1-11-8-6-7(10)2-3-9(8)13-5-4-12/h2-4,6,11H,5H2,1H3. The third-order valence-corrected chi connectivity index (χ3v) is 2.01. The van der Waals surface area contributed by atoms with Crippen LogP contribution in [-0.2, 0) is 4.79 Å². The van der Waals surface area contributed by atoms with E-state index in [1.54, 1.807) is 13.1 Å². The van der Waals surface area contributed by atoms with Gasteiger partial charge < -0.3 is 10.1 Å². The van der Waals surface area contributed by atoms with Gasteiger partial charge in [0, 0.05) is 11.5 Å². The molecule has 1 rings (SSSR count). The smallest absolute Gasteiger partial charge is 0.157 e. The van der Waals surface area contributed by atoms with Crippen LogP contribution >= 0.6 is 15.9 Å². The highest BCUT2D eigenvalue weighted by Crippen LogP contribution is 2.27. The van der Waals surface area contributed by atoms with E-state index < -0.39 is 0 Å². The first-order chi connectivity index (χ1) is 6.27. The zero-order valence-corrected chi connectivity index (χ0v) is 8.80. The Labute approximate surface area is 85.2 Å². The van der Waals surface area contributed by atoms with E-state index in [0.29, 0.717) is 5.75 Å². The minimum atomic E-state index is 0.0797. The van der Waals surface area contributed by atoms with Gasteiger partial charge in [0.25, 0.3) is 0 Å². The highest BCUT2D eigenvalue weighted by molar-refractivity contribution is 9.10. The number of hydrogen-bond acceptors (Lipinski definition) is 3. The summed E-state index contributed by atoms with van der Waals surface area (Å²) in [6.07, 6.45) is 0.724. The van der Waals surface area contributed by atoms with Crippen LogP contribution in [0.4, 0.5) is 5.69 Å². The predicted octanol–water partition coefficient (Wildman–Crippen LogP) is 2.07. The largest absolute Gasteiger partial charge is 0.484 e. The summed E-state index contributed by atoms with van der Waals surface area (Å²) in [7, 11) is 1.80. The number of benzene rings is 1. The van der Waals surface area contributed by atoms with Crippen LogP contribution in [0.2, 0.25) is 0 Å². The van der Waals surface area contributed by atoms with Gasteiger partial charge >= 0.3 is 0 Å². The van der Waals surface area contributed by atoms with Gasteiger partial charge in [-0.1, -0.05) is 15.9 Å². The van der Waals surface area contributed by atoms with Gasteiger partial charge in [-0.15, -0.1) is 0 Å². The first-order valence-electron chi connectivity index (χ1n) is 3.81. The molecule has 0 saturated heterocycles. The molecule has 13 heavy (non-hydrogen) atoms. The molecule has 0 unspecified atom stereocenters. The molecule has 0 atom stereocenters. The summed E-state index contributed by atoms with van der Waals surface area (Å²) in [4.78, 5) is 10.1. The van der Waals surface area contributed by atoms with Crippen molar-refractivity contribution in [2.24, 2.45) is 0 Å². The van der Waals surface area contributed by atoms with Crippen molar-refractivity contribution in [2.75, 3.05) is 19.0 Å². The fourth-order valence-electron chi connectivity index (χ4n) is 0.947. The molecule has 0 saturated carbocycles. The van der Waals surface area contributed by atoms with Crippen LogP contribution < -0.4 is 10.1 Å². The summed E-state index contributed by atoms with van der Waals surface area (Å²) >= 11 is 3.34. The maximum absolute atomic E-state index is 10.1. The Bertz CT molecular complexity index is 302. The van der Waals surface area contributed by atoms with Crippen LogP contribution in [0.25, 0.3) is 0 Å². The Morgan fingerprint density at radius 1 is 1.62 bits per heavy atom. The van der Waals surface area contributed by atoms with Gasteiger partial charge in [0.2, 0.25) is 0 Å². The molecular weight excluding hydrogens is 234 g/mol. The molecule has 70 valence electrons. The molecule has 0 heterocycles. The first kappa shape index (κ1) is 10.1. The van der Waals surface area contributed by atoms with Crippen molar-refractivity contribution in [3.05, 3.63) is 22.7 Å². The average Bonchev–Trinajstić information content (AvgIpc) is 2.16. The van der Waals surface area contributed by atoms with E-state index in [1.807, 2.05) is 12.1 Å². The summed E-state index contributed by atoms with van der Waals surface area (Å²) in [5.74, 6) is 0.679. The Hall–Kier alpha value is -1.03. The number of rotatable bonds is 4. The lowest BCUT2D eigenvalue weighted by Gasteiger charge is -2.08. The Balaban J connectivity index is 2.85. The minimum absolute atomic E-state index is 0.0797. The molecule has 0 fully saturated rings. The predicted molar refractivity (Wildman–Crippen MR) is 55.2 cm³/mol. The summed E-state index contributed by atoms with van der Waals surface area (Å²) in [6, 6.07) is 5.56. The second-order valence-corrected chi connectivity index (χ2v) is 3.28. The number of aldehydes is 1. The molecule has 0 aliphatic carbocycles. The number of carbonyl (C=O) groups is 1. The van der Waals surface area contributed by atoms with E-state index in [0.717, 1.165) is 16.4 Å². The molecule has 1 aromatic carbocycles. The minimum Gasteiger partial charge on any atom is -0.484 e. The highest BCUT2D eigenvalue weighted by Gasteiger charge is 2.01. The van der Waals surface area contributed by atoms with Crippen LogP contribution in [0.3, 0.4) is 0 Å². The molecule has 0 radical (unpaired) electrons. The van der Waals surface area contributed by atoms with Gasteiger partial charge in [0.1, 0.15) is 12.4 Å². The lowest BCUT2D eigenvalue weighted by atomic mass is 10.3. The zero-order valence-electron chi connectivity index (χ0n) is 7.21. The zero-order chi connectivity index (χ0) is 9.68. The Morgan fingerprint density at radius 2 is 2.38 bits per heavy atom. The third-order valence-electron chi connectivity index (χ3n) is 1.52. The molecule has 0 aliphatic heterocycles. The summed E-state index contributed by atoms with van der Waals surface area (Å²) in [5.41, 5.74) is 0.858. The number of carbonyl (C=O) groups excluding carboxylic acids is 1. The molecule has 0 aromatic heterocycles. The number of anilines is 1. The molecule has 1 N–H and O–H groups in total. The van der Waals surface area contributed by atoms with Gasteiger partial charge in [-0.05, 0) is 18.2 Å². The maximum Gasteiger partial charge on any atom is 0.157 e. The lowest BCUT2D eigenvalue weighted by molar-refractivity contribution is -0.109. The van der Waals surface area contributed by atoms with Crippen LogP contribution in [0.1, 0.15) is 0 Å². The molecule has 0 bridgehead atoms. The van der Waals surface area contributed by atoms with Crippen molar-refractivity contribution in [3.63, 3.8) is 0 Å². The average molecular weight is 244 g/mol. The van der Waals surface area contributed by atoms with Gasteiger partial charge in [0.05, 0.1) is 5.69 Å². The quantitative estimate of drug-likeness (QED) is 0.824. The van der Waals surface area contributed by atoms with E-state index in [4.69, 9.17) is 4.74 Å². The van der Waals surface area contributed by atoms with Gasteiger partial charge in [-0.3, -0.25) is 4.79 Å². The lowest BCUT2D eigenvalue weighted by Crippen LogP contribution is -2.00. The van der Waals surface area contributed by atoms with E-state index in [2.05, 4.69) is 21.2 Å². The second kappa shape index (κ2) is 4.87. The van der Waals surface area contributed by atoms with Crippen molar-refractivity contribution in [3.8, 4) is 5.75 Å². The first-order valence-corrected chi connectivity index (χ1v) is 4.61. The van der Waals surface area contributed by atoms with Crippen molar-refractivity contribution < 1.29 is 9.53 Å². The van der Waals surface area contributed by atoms with Crippen LogP contribution in [-0.4, -0.2) is 19.9 Å². The summed E-state index contributed by atoms with van der Waals surface area (Å²) in [5, 5.41) is 2.97. The highest BCUT2D eigenvalue weighted by atomic mass is 79.9. The summed E-state index contributed by atoms with van der Waals surface area (Å²) in [6.45, 7) is 0.0797. The molecule has 4 heteroatoms. The van der Waals surface area contributed by atoms with Crippen molar-refractivity contribution in [1.29, 1.82) is 0 Å². The van der Waals surface area contributed by atoms with E-state index in [1.165, 1.54) is 0 Å². The Kier molecular flexibility index (Phi) is 3.76. The monoisotopic (exact) mass is 243 g/mol. The molecular formula is C9H10BrNO2. The van der Waals surface area contributed by atoms with Crippen molar-refractivity contribution >= 4 is 27.9 Å². The third kappa shape index (κ3) is 2.73. The number of hydrogen-bond donors (Lipinski definition) is 1. The number of nitrogens with one attached hydrogen (secondary N) is 1.